The fourth-order valence-electron chi connectivity index (χ4n) is 10.9. The Morgan fingerprint density at radius 2 is 0.775 bits per heavy atom. The molecule has 0 bridgehead atoms. The van der Waals surface area contributed by atoms with Gasteiger partial charge in [0, 0.05) is 6.42 Å². The minimum Gasteiger partial charge on any atom is -0.454 e. The number of carbonyl (C=O) groups is 2. The third-order valence-electron chi connectivity index (χ3n) is 16.6. The van der Waals surface area contributed by atoms with Crippen molar-refractivity contribution >= 4 is 11.9 Å². The average molecular weight is 1250 g/mol. The first-order valence-corrected chi connectivity index (χ1v) is 36.7. The molecule has 89 heavy (non-hydrogen) atoms. The lowest BCUT2D eigenvalue weighted by atomic mass is 9.99. The van der Waals surface area contributed by atoms with Crippen molar-refractivity contribution < 1.29 is 49.3 Å². The Bertz CT molecular complexity index is 1870. The molecule has 1 aliphatic heterocycles. The van der Waals surface area contributed by atoms with Crippen molar-refractivity contribution in [1.29, 1.82) is 0 Å². The van der Waals surface area contributed by atoms with Gasteiger partial charge in [0.05, 0.1) is 25.4 Å². The van der Waals surface area contributed by atoms with Crippen molar-refractivity contribution in [3.8, 4) is 0 Å². The molecule has 512 valence electrons. The molecule has 8 unspecified atom stereocenters. The number of rotatable bonds is 62. The number of hydrogen-bond donors (Lipinski definition) is 6. The summed E-state index contributed by atoms with van der Waals surface area (Å²) in [6.45, 7) is 5.75. The zero-order valence-corrected chi connectivity index (χ0v) is 57.0. The summed E-state index contributed by atoms with van der Waals surface area (Å²) in [4.78, 5) is 26.7. The Morgan fingerprint density at radius 1 is 0.438 bits per heavy atom. The molecule has 1 fully saturated rings. The Hall–Kier alpha value is -3.68. The molecule has 0 aliphatic carbocycles. The molecule has 11 heteroatoms. The zero-order valence-electron chi connectivity index (χ0n) is 57.0. The van der Waals surface area contributed by atoms with Crippen molar-refractivity contribution in [2.24, 2.45) is 0 Å². The Labute approximate surface area is 545 Å². The summed E-state index contributed by atoms with van der Waals surface area (Å²) >= 11 is 0. The fraction of sp³-hybridized carbons (Fsp3) is 0.744. The normalized spacial score (nSPS) is 18.8. The molecule has 0 aromatic rings. The Morgan fingerprint density at radius 3 is 1.18 bits per heavy atom. The van der Waals surface area contributed by atoms with E-state index in [1.54, 1.807) is 6.08 Å². The first kappa shape index (κ1) is 83.3. The molecule has 0 aromatic heterocycles. The maximum absolute atomic E-state index is 13.5. The van der Waals surface area contributed by atoms with Gasteiger partial charge in [0.2, 0.25) is 5.91 Å². The monoisotopic (exact) mass is 1250 g/mol. The topological polar surface area (TPSA) is 175 Å². The predicted molar refractivity (Wildman–Crippen MR) is 375 cm³/mol. The number of hydrogen-bond acceptors (Lipinski definition) is 10. The first-order valence-electron chi connectivity index (χ1n) is 36.7. The third kappa shape index (κ3) is 51.5. The summed E-state index contributed by atoms with van der Waals surface area (Å²) in [6, 6.07) is -1.04. The summed E-state index contributed by atoms with van der Waals surface area (Å²) in [5.74, 6) is -1.21. The molecule has 0 spiro atoms. The molecule has 0 saturated carbocycles. The second-order valence-corrected chi connectivity index (χ2v) is 25.0. The van der Waals surface area contributed by atoms with Crippen LogP contribution < -0.4 is 5.32 Å². The van der Waals surface area contributed by atoms with E-state index in [1.807, 2.05) is 6.08 Å². The van der Waals surface area contributed by atoms with Crippen LogP contribution in [-0.4, -0.2) is 99.6 Å². The highest BCUT2D eigenvalue weighted by Crippen LogP contribution is 2.26. The van der Waals surface area contributed by atoms with Gasteiger partial charge in [-0.1, -0.05) is 297 Å². The van der Waals surface area contributed by atoms with Crippen molar-refractivity contribution in [2.45, 2.75) is 359 Å². The highest BCUT2D eigenvalue weighted by atomic mass is 16.7. The van der Waals surface area contributed by atoms with Crippen LogP contribution in [0.15, 0.2) is 109 Å². The van der Waals surface area contributed by atoms with Gasteiger partial charge in [-0.05, 0) is 116 Å². The quantitative estimate of drug-likeness (QED) is 0.0195. The second kappa shape index (κ2) is 64.4. The first-order chi connectivity index (χ1) is 43.7. The van der Waals surface area contributed by atoms with Gasteiger partial charge in [-0.15, -0.1) is 0 Å². The number of amides is 1. The molecule has 0 aromatic carbocycles. The van der Waals surface area contributed by atoms with Gasteiger partial charge in [0.25, 0.3) is 0 Å². The molecule has 0 radical (unpaired) electrons. The van der Waals surface area contributed by atoms with Crippen LogP contribution in [0.4, 0.5) is 0 Å². The summed E-state index contributed by atoms with van der Waals surface area (Å²) in [6.07, 6.45) is 78.2. The van der Waals surface area contributed by atoms with Crippen molar-refractivity contribution in [3.05, 3.63) is 109 Å². The van der Waals surface area contributed by atoms with Crippen molar-refractivity contribution in [2.75, 3.05) is 13.2 Å². The van der Waals surface area contributed by atoms with Crippen molar-refractivity contribution in [3.63, 3.8) is 0 Å². The highest BCUT2D eigenvalue weighted by Gasteiger charge is 2.47. The number of unbranched alkanes of at least 4 members (excludes halogenated alkanes) is 32. The number of nitrogens with one attached hydrogen (secondary N) is 1. The molecule has 11 nitrogen and oxygen atoms in total. The van der Waals surface area contributed by atoms with E-state index in [9.17, 15) is 35.1 Å². The number of esters is 1. The largest absolute Gasteiger partial charge is 0.454 e. The smallest absolute Gasteiger partial charge is 0.306 e. The molecule has 1 aliphatic rings. The zero-order chi connectivity index (χ0) is 64.6. The molecule has 1 heterocycles. The minimum atomic E-state index is -1.63. The molecular weight excluding hydrogens is 1110 g/mol. The lowest BCUT2D eigenvalue weighted by molar-refractivity contribution is -0.305. The van der Waals surface area contributed by atoms with Crippen LogP contribution in [0.25, 0.3) is 0 Å². The standard InChI is InChI=1S/C78H135NO10/c1-4-7-10-13-16-19-22-25-27-29-31-33-35-37-38-40-42-44-47-50-53-56-59-62-65-71(82)77(86)79-69(70(81)64-61-58-55-52-49-46-24-21-18-15-12-9-6-3)68-87-78-76(75(85)74(84)72(67-80)88-78)89-73(83)66-63-60-57-54-51-48-45-43-41-39-36-34-32-30-28-26-23-20-17-14-11-8-5-2/h16-17,19-20,25-28,31-34,37-39,41,61,64,69-72,74-76,78,80-82,84-85H,4-15,18,21-24,29-30,35-36,40,42-60,62-63,65-68H2,1-3H3,(H,79,86)/b19-16-,20-17-,27-25-,28-26-,33-31-,34-32-,38-37-,41-39-,64-61+. The van der Waals surface area contributed by atoms with E-state index in [-0.39, 0.29) is 19.4 Å². The summed E-state index contributed by atoms with van der Waals surface area (Å²) in [5, 5.41) is 57.3. The van der Waals surface area contributed by atoms with Gasteiger partial charge in [-0.3, -0.25) is 9.59 Å². The van der Waals surface area contributed by atoms with Crippen LogP contribution >= 0.6 is 0 Å². The van der Waals surface area contributed by atoms with Crippen LogP contribution in [0.1, 0.15) is 310 Å². The van der Waals surface area contributed by atoms with Gasteiger partial charge in [0.1, 0.15) is 24.4 Å². The maximum atomic E-state index is 13.5. The number of ether oxygens (including phenoxy) is 3. The van der Waals surface area contributed by atoms with E-state index < -0.39 is 67.4 Å². The predicted octanol–water partition coefficient (Wildman–Crippen LogP) is 19.2. The molecule has 1 saturated heterocycles. The number of allylic oxidation sites excluding steroid dienone is 17. The van der Waals surface area contributed by atoms with Crippen LogP contribution in [0.3, 0.4) is 0 Å². The molecule has 1 amide bonds. The van der Waals surface area contributed by atoms with Crippen LogP contribution in [0.5, 0.6) is 0 Å². The van der Waals surface area contributed by atoms with Crippen molar-refractivity contribution in [1.82, 2.24) is 5.32 Å². The summed E-state index contributed by atoms with van der Waals surface area (Å²) in [7, 11) is 0. The lowest BCUT2D eigenvalue weighted by Crippen LogP contribution is -2.61. The van der Waals surface area contributed by atoms with Gasteiger partial charge in [-0.25, -0.2) is 0 Å². The highest BCUT2D eigenvalue weighted by molar-refractivity contribution is 5.80. The van der Waals surface area contributed by atoms with E-state index in [0.717, 1.165) is 128 Å². The van der Waals surface area contributed by atoms with Gasteiger partial charge >= 0.3 is 5.97 Å². The average Bonchev–Trinajstić information content (AvgIpc) is 3.11. The molecule has 6 N–H and O–H groups in total. The van der Waals surface area contributed by atoms with Crippen LogP contribution in [-0.2, 0) is 23.8 Å². The van der Waals surface area contributed by atoms with Gasteiger partial charge in [-0.2, -0.15) is 0 Å². The number of aliphatic hydroxyl groups is 5. The van der Waals surface area contributed by atoms with E-state index in [1.165, 1.54) is 135 Å². The lowest BCUT2D eigenvalue weighted by Gasteiger charge is -2.41. The number of carbonyl (C=O) groups excluding carboxylic acids is 2. The van der Waals surface area contributed by atoms with Crippen LogP contribution in [0, 0.1) is 0 Å². The van der Waals surface area contributed by atoms with E-state index in [0.29, 0.717) is 12.8 Å². The Balaban J connectivity index is 2.61. The SMILES string of the molecule is CCCCC/C=C\C/C=C\C/C=C\C/C=C\CCCCCCCCCCC(O)C(=O)NC(COC1OC(CO)C(O)C(O)C1OC(=O)CCCCCCCCC/C=C\C/C=C\C/C=C\C/C=C\CCCCC)C(O)/C=C/CCCCCCCCCCCCC. The number of aliphatic hydroxyl groups excluding tert-OH is 5. The fourth-order valence-corrected chi connectivity index (χ4v) is 10.9. The molecule has 1 rings (SSSR count). The molecular formula is C78H135NO10. The second-order valence-electron chi connectivity index (χ2n) is 25.0. The summed E-state index contributed by atoms with van der Waals surface area (Å²) in [5.41, 5.74) is 0. The van der Waals surface area contributed by atoms with E-state index in [2.05, 4.69) is 123 Å². The maximum Gasteiger partial charge on any atom is 0.306 e. The van der Waals surface area contributed by atoms with Gasteiger partial charge in [0.15, 0.2) is 12.4 Å². The van der Waals surface area contributed by atoms with Gasteiger partial charge < -0.3 is 45.1 Å². The molecule has 8 atom stereocenters. The summed E-state index contributed by atoms with van der Waals surface area (Å²) < 4.78 is 17.7. The minimum absolute atomic E-state index is 0.106. The third-order valence-corrected chi connectivity index (χ3v) is 16.6. The van der Waals surface area contributed by atoms with Crippen LogP contribution in [0.2, 0.25) is 0 Å². The Kier molecular flexibility index (Phi) is 60.3. The van der Waals surface area contributed by atoms with E-state index in [4.69, 9.17) is 14.2 Å². The van der Waals surface area contributed by atoms with E-state index >= 15 is 0 Å².